The molecule has 0 fully saturated rings. The quantitative estimate of drug-likeness (QED) is 0.400. The standard InChI is InChI=1S/C23H15Cl3O3/c1-13-20(28-12-15-5-7-18(25)19(26)10-15)8-6-17-22(27)21(29-23(13)17)11-14-3-2-4-16(24)9-14/h2-11H,12H2,1H3/b21-11-. The number of fused-ring (bicyclic) bond motifs is 1. The van der Waals surface area contributed by atoms with Crippen molar-refractivity contribution in [2.45, 2.75) is 13.5 Å². The van der Waals surface area contributed by atoms with E-state index >= 15 is 0 Å². The zero-order valence-electron chi connectivity index (χ0n) is 15.3. The molecule has 146 valence electrons. The lowest BCUT2D eigenvalue weighted by Gasteiger charge is -2.12. The Labute approximate surface area is 183 Å². The van der Waals surface area contributed by atoms with Gasteiger partial charge in [-0.3, -0.25) is 4.79 Å². The molecule has 3 nitrogen and oxygen atoms in total. The van der Waals surface area contributed by atoms with Crippen LogP contribution in [0.15, 0.2) is 60.4 Å². The molecule has 0 aliphatic carbocycles. The van der Waals surface area contributed by atoms with Gasteiger partial charge in [0.15, 0.2) is 5.76 Å². The Hall–Kier alpha value is -2.46. The second kappa shape index (κ2) is 8.11. The maximum absolute atomic E-state index is 12.7. The molecule has 3 aromatic carbocycles. The minimum absolute atomic E-state index is 0.167. The van der Waals surface area contributed by atoms with Crippen LogP contribution in [0.5, 0.6) is 11.5 Å². The third-order valence-electron chi connectivity index (χ3n) is 4.56. The van der Waals surface area contributed by atoms with Gasteiger partial charge >= 0.3 is 0 Å². The lowest BCUT2D eigenvalue weighted by Crippen LogP contribution is -1.98. The Morgan fingerprint density at radius 1 is 1.00 bits per heavy atom. The molecule has 1 aliphatic heterocycles. The second-order valence-electron chi connectivity index (χ2n) is 6.60. The fourth-order valence-electron chi connectivity index (χ4n) is 3.06. The number of carbonyl (C=O) groups is 1. The van der Waals surface area contributed by atoms with E-state index in [0.29, 0.717) is 38.7 Å². The van der Waals surface area contributed by atoms with Gasteiger partial charge in [0.05, 0.1) is 15.6 Å². The van der Waals surface area contributed by atoms with E-state index in [-0.39, 0.29) is 11.5 Å². The minimum Gasteiger partial charge on any atom is -0.488 e. The summed E-state index contributed by atoms with van der Waals surface area (Å²) >= 11 is 18.0. The third-order valence-corrected chi connectivity index (χ3v) is 5.54. The Balaban J connectivity index is 1.57. The van der Waals surface area contributed by atoms with E-state index in [1.165, 1.54) is 0 Å². The van der Waals surface area contributed by atoms with Gasteiger partial charge < -0.3 is 9.47 Å². The average Bonchev–Trinajstić information content (AvgIpc) is 3.00. The van der Waals surface area contributed by atoms with Crippen molar-refractivity contribution < 1.29 is 14.3 Å². The molecule has 3 aromatic rings. The van der Waals surface area contributed by atoms with Gasteiger partial charge in [0.2, 0.25) is 5.78 Å². The van der Waals surface area contributed by atoms with E-state index in [2.05, 4.69) is 0 Å². The molecule has 0 saturated heterocycles. The maximum atomic E-state index is 12.7. The van der Waals surface area contributed by atoms with Crippen LogP contribution < -0.4 is 9.47 Å². The number of allylic oxidation sites excluding steroid dienone is 1. The highest BCUT2D eigenvalue weighted by atomic mass is 35.5. The van der Waals surface area contributed by atoms with Crippen LogP contribution >= 0.6 is 34.8 Å². The molecule has 0 amide bonds. The molecule has 1 aliphatic rings. The molecular formula is C23H15Cl3O3. The molecule has 4 rings (SSSR count). The largest absolute Gasteiger partial charge is 0.488 e. The Bertz CT molecular complexity index is 1150. The number of Topliss-reactive ketones (excluding diaryl/α,β-unsaturated/α-hetero) is 1. The number of ketones is 1. The van der Waals surface area contributed by atoms with Gasteiger partial charge in [-0.15, -0.1) is 0 Å². The fraction of sp³-hybridized carbons (Fsp3) is 0.0870. The van der Waals surface area contributed by atoms with E-state index in [1.807, 2.05) is 25.1 Å². The summed E-state index contributed by atoms with van der Waals surface area (Å²) in [6, 6.07) is 16.1. The Morgan fingerprint density at radius 3 is 2.59 bits per heavy atom. The van der Waals surface area contributed by atoms with Crippen molar-refractivity contribution >= 4 is 46.7 Å². The van der Waals surface area contributed by atoms with Crippen molar-refractivity contribution in [3.63, 3.8) is 0 Å². The number of hydrogen-bond acceptors (Lipinski definition) is 3. The molecular weight excluding hydrogens is 431 g/mol. The van der Waals surface area contributed by atoms with E-state index in [1.54, 1.807) is 42.5 Å². The van der Waals surface area contributed by atoms with Gasteiger partial charge in [0.25, 0.3) is 0 Å². The van der Waals surface area contributed by atoms with Gasteiger partial charge in [0.1, 0.15) is 18.1 Å². The highest BCUT2D eigenvalue weighted by Crippen LogP contribution is 2.39. The van der Waals surface area contributed by atoms with Crippen LogP contribution in [0.2, 0.25) is 15.1 Å². The number of halogens is 3. The zero-order valence-corrected chi connectivity index (χ0v) is 17.6. The first-order valence-corrected chi connectivity index (χ1v) is 9.96. The Kier molecular flexibility index (Phi) is 5.55. The number of hydrogen-bond donors (Lipinski definition) is 0. The van der Waals surface area contributed by atoms with E-state index < -0.39 is 0 Å². The summed E-state index contributed by atoms with van der Waals surface area (Å²) in [6.07, 6.45) is 1.68. The van der Waals surface area contributed by atoms with Crippen LogP contribution in [-0.4, -0.2) is 5.78 Å². The molecule has 0 unspecified atom stereocenters. The number of benzene rings is 3. The number of rotatable bonds is 4. The average molecular weight is 446 g/mol. The third kappa shape index (κ3) is 4.13. The lowest BCUT2D eigenvalue weighted by molar-refractivity contribution is 0.101. The van der Waals surface area contributed by atoms with Crippen LogP contribution in [0.3, 0.4) is 0 Å². The first kappa shape index (κ1) is 19.8. The molecule has 6 heteroatoms. The molecule has 0 N–H and O–H groups in total. The summed E-state index contributed by atoms with van der Waals surface area (Å²) < 4.78 is 11.8. The van der Waals surface area contributed by atoms with Crippen molar-refractivity contribution in [2.75, 3.05) is 0 Å². The SMILES string of the molecule is Cc1c(OCc2ccc(Cl)c(Cl)c2)ccc2c1O/C(=C\c1cccc(Cl)c1)C2=O. The molecule has 0 radical (unpaired) electrons. The van der Waals surface area contributed by atoms with Gasteiger partial charge in [-0.2, -0.15) is 0 Å². The molecule has 0 aromatic heterocycles. The van der Waals surface area contributed by atoms with Gasteiger partial charge in [0, 0.05) is 10.6 Å². The van der Waals surface area contributed by atoms with Gasteiger partial charge in [-0.25, -0.2) is 0 Å². The normalized spacial score (nSPS) is 14.1. The summed E-state index contributed by atoms with van der Waals surface area (Å²) in [5, 5.41) is 1.56. The van der Waals surface area contributed by atoms with Gasteiger partial charge in [-0.1, -0.05) is 53.0 Å². The smallest absolute Gasteiger partial charge is 0.231 e. The van der Waals surface area contributed by atoms with Crippen molar-refractivity contribution in [2.24, 2.45) is 0 Å². The molecule has 29 heavy (non-hydrogen) atoms. The van der Waals surface area contributed by atoms with E-state index in [0.717, 1.165) is 16.7 Å². The van der Waals surface area contributed by atoms with Crippen LogP contribution in [0, 0.1) is 6.92 Å². The first-order valence-electron chi connectivity index (χ1n) is 8.82. The maximum Gasteiger partial charge on any atom is 0.231 e. The first-order chi connectivity index (χ1) is 13.9. The van der Waals surface area contributed by atoms with Crippen molar-refractivity contribution in [1.82, 2.24) is 0 Å². The van der Waals surface area contributed by atoms with Crippen molar-refractivity contribution in [3.8, 4) is 11.5 Å². The molecule has 1 heterocycles. The van der Waals surface area contributed by atoms with Crippen LogP contribution in [0.25, 0.3) is 6.08 Å². The van der Waals surface area contributed by atoms with Crippen molar-refractivity contribution in [3.05, 3.63) is 97.7 Å². The minimum atomic E-state index is -0.167. The summed E-state index contributed by atoms with van der Waals surface area (Å²) in [6.45, 7) is 2.17. The fourth-order valence-corrected chi connectivity index (χ4v) is 3.58. The highest BCUT2D eigenvalue weighted by Gasteiger charge is 2.30. The predicted octanol–water partition coefficient (Wildman–Crippen LogP) is 7.15. The number of carbonyl (C=O) groups excluding carboxylic acids is 1. The van der Waals surface area contributed by atoms with E-state index in [4.69, 9.17) is 44.3 Å². The highest BCUT2D eigenvalue weighted by molar-refractivity contribution is 6.42. The topological polar surface area (TPSA) is 35.5 Å². The number of ether oxygens (including phenoxy) is 2. The Morgan fingerprint density at radius 2 is 1.83 bits per heavy atom. The molecule has 0 atom stereocenters. The monoisotopic (exact) mass is 444 g/mol. The summed E-state index contributed by atoms with van der Waals surface area (Å²) in [5.74, 6) is 1.23. The summed E-state index contributed by atoms with van der Waals surface area (Å²) in [4.78, 5) is 12.7. The zero-order chi connectivity index (χ0) is 20.5. The lowest BCUT2D eigenvalue weighted by atomic mass is 10.1. The van der Waals surface area contributed by atoms with Gasteiger partial charge in [-0.05, 0) is 60.5 Å². The van der Waals surface area contributed by atoms with Crippen molar-refractivity contribution in [1.29, 1.82) is 0 Å². The van der Waals surface area contributed by atoms with Crippen LogP contribution in [-0.2, 0) is 6.61 Å². The van der Waals surface area contributed by atoms with E-state index in [9.17, 15) is 4.79 Å². The predicted molar refractivity (Wildman–Crippen MR) is 116 cm³/mol. The molecule has 0 spiro atoms. The second-order valence-corrected chi connectivity index (χ2v) is 7.85. The van der Waals surface area contributed by atoms with Crippen LogP contribution in [0.1, 0.15) is 27.0 Å². The molecule has 0 bridgehead atoms. The summed E-state index contributed by atoms with van der Waals surface area (Å²) in [5.41, 5.74) is 2.95. The van der Waals surface area contributed by atoms with Crippen LogP contribution in [0.4, 0.5) is 0 Å². The molecule has 0 saturated carbocycles. The summed E-state index contributed by atoms with van der Waals surface area (Å²) in [7, 11) is 0.